The zero-order valence-electron chi connectivity index (χ0n) is 13.4. The van der Waals surface area contributed by atoms with Crippen LogP contribution in [0, 0.1) is 6.92 Å². The summed E-state index contributed by atoms with van der Waals surface area (Å²) in [7, 11) is 1.50. The van der Waals surface area contributed by atoms with Crippen molar-refractivity contribution in [2.75, 3.05) is 12.4 Å². The molecule has 1 aliphatic heterocycles. The van der Waals surface area contributed by atoms with Crippen molar-refractivity contribution in [2.45, 2.75) is 12.4 Å². The summed E-state index contributed by atoms with van der Waals surface area (Å²) in [6.07, 6.45) is 1.75. The van der Waals surface area contributed by atoms with E-state index in [1.54, 1.807) is 24.3 Å². The first kappa shape index (κ1) is 16.3. The average Bonchev–Trinajstić information content (AvgIpc) is 2.89. The number of phenolic OH excluding ortho intramolecular Hbond substituents is 1. The predicted octanol–water partition coefficient (Wildman–Crippen LogP) is 3.31. The lowest BCUT2D eigenvalue weighted by molar-refractivity contribution is -0.116. The summed E-state index contributed by atoms with van der Waals surface area (Å²) in [5, 5.41) is 16.0. The largest absolute Gasteiger partial charge is 0.504 e. The summed E-state index contributed by atoms with van der Waals surface area (Å²) in [4.78, 5) is 12.7. The Labute approximate surface area is 144 Å². The maximum Gasteiger partial charge on any atom is 0.260 e. The normalized spacial score (nSPS) is 18.5. The number of carbonyl (C=O) groups excluding carboxylic acids is 1. The smallest absolute Gasteiger partial charge is 0.260 e. The number of aromatic hydroxyl groups is 1. The van der Waals surface area contributed by atoms with Crippen LogP contribution < -0.4 is 15.4 Å². The van der Waals surface area contributed by atoms with Crippen molar-refractivity contribution in [3.8, 4) is 11.5 Å². The van der Waals surface area contributed by atoms with Crippen LogP contribution >= 0.6 is 11.8 Å². The van der Waals surface area contributed by atoms with Crippen LogP contribution in [0.5, 0.6) is 11.5 Å². The first-order valence-corrected chi connectivity index (χ1v) is 8.33. The van der Waals surface area contributed by atoms with Gasteiger partial charge < -0.3 is 20.5 Å². The molecule has 1 fully saturated rings. The lowest BCUT2D eigenvalue weighted by Crippen LogP contribution is -2.31. The number of anilines is 1. The van der Waals surface area contributed by atoms with Crippen LogP contribution in [0.4, 0.5) is 5.69 Å². The van der Waals surface area contributed by atoms with Gasteiger partial charge in [0, 0.05) is 5.69 Å². The first-order valence-electron chi connectivity index (χ1n) is 7.45. The summed E-state index contributed by atoms with van der Waals surface area (Å²) in [6, 6.07) is 13.0. The number of rotatable bonds is 4. The molecular formula is C18H18N2O3S. The number of thioether (sulfide) groups is 1. The van der Waals surface area contributed by atoms with E-state index in [1.165, 1.54) is 18.9 Å². The molecule has 0 aliphatic carbocycles. The maximum absolute atomic E-state index is 12.1. The molecule has 24 heavy (non-hydrogen) atoms. The Bertz CT molecular complexity index is 805. The van der Waals surface area contributed by atoms with E-state index in [4.69, 9.17) is 4.74 Å². The van der Waals surface area contributed by atoms with Crippen molar-refractivity contribution in [3.05, 3.63) is 58.5 Å². The third-order valence-electron chi connectivity index (χ3n) is 3.66. The van der Waals surface area contributed by atoms with E-state index in [0.717, 1.165) is 16.8 Å². The van der Waals surface area contributed by atoms with E-state index in [0.29, 0.717) is 10.7 Å². The molecule has 1 heterocycles. The Morgan fingerprint density at radius 2 is 2.08 bits per heavy atom. The van der Waals surface area contributed by atoms with Gasteiger partial charge in [0.1, 0.15) is 0 Å². The minimum atomic E-state index is -0.225. The second-order valence-electron chi connectivity index (χ2n) is 5.37. The number of phenols is 1. The Kier molecular flexibility index (Phi) is 4.66. The number of aryl methyl sites for hydroxylation is 1. The topological polar surface area (TPSA) is 70.6 Å². The molecule has 3 N–H and O–H groups in total. The highest BCUT2D eigenvalue weighted by Gasteiger charge is 2.27. The van der Waals surface area contributed by atoms with E-state index < -0.39 is 0 Å². The van der Waals surface area contributed by atoms with Gasteiger partial charge in [-0.2, -0.15) is 0 Å². The number of benzene rings is 2. The second kappa shape index (κ2) is 6.88. The predicted molar refractivity (Wildman–Crippen MR) is 97.0 cm³/mol. The fourth-order valence-electron chi connectivity index (χ4n) is 2.39. The van der Waals surface area contributed by atoms with Gasteiger partial charge in [-0.15, -0.1) is 0 Å². The van der Waals surface area contributed by atoms with Gasteiger partial charge in [-0.05, 0) is 42.3 Å². The summed E-state index contributed by atoms with van der Waals surface area (Å²) >= 11 is 1.41. The molecule has 0 spiro atoms. The zero-order valence-corrected chi connectivity index (χ0v) is 14.2. The number of nitrogens with one attached hydrogen (secondary N) is 2. The molecule has 2 aromatic rings. The van der Waals surface area contributed by atoms with Gasteiger partial charge >= 0.3 is 0 Å². The number of para-hydroxylation sites is 1. The third-order valence-corrected chi connectivity index (χ3v) is 4.69. The fourth-order valence-corrected chi connectivity index (χ4v) is 3.37. The van der Waals surface area contributed by atoms with Gasteiger partial charge in [0.05, 0.1) is 12.0 Å². The summed E-state index contributed by atoms with van der Waals surface area (Å²) in [5.41, 5.74) is 2.61. The molecule has 1 amide bonds. The van der Waals surface area contributed by atoms with E-state index >= 15 is 0 Å². The summed E-state index contributed by atoms with van der Waals surface area (Å²) in [6.45, 7) is 2.01. The molecule has 2 aromatic carbocycles. The standard InChI is InChI=1S/C18H18N2O3S/c1-11-5-3-4-6-13(11)19-18-20-17(22)16(24-18)10-12-7-8-15(23-2)14(21)9-12/h3-10,18-19,21H,1-2H3,(H,20,22)/b16-10-. The van der Waals surface area contributed by atoms with Crippen LogP contribution in [0.25, 0.3) is 6.08 Å². The Hall–Kier alpha value is -2.60. The molecule has 0 saturated carbocycles. The fraction of sp³-hybridized carbons (Fsp3) is 0.167. The minimum Gasteiger partial charge on any atom is -0.504 e. The first-order chi connectivity index (χ1) is 11.6. The molecule has 0 bridgehead atoms. The SMILES string of the molecule is COc1ccc(/C=C2\SC(Nc3ccccc3C)NC2=O)cc1O. The molecule has 0 aromatic heterocycles. The van der Waals surface area contributed by atoms with Crippen molar-refractivity contribution >= 4 is 29.4 Å². The molecule has 0 radical (unpaired) electrons. The van der Waals surface area contributed by atoms with E-state index in [1.807, 2.05) is 31.2 Å². The Morgan fingerprint density at radius 1 is 1.29 bits per heavy atom. The number of amides is 1. The van der Waals surface area contributed by atoms with Crippen LogP contribution in [0.15, 0.2) is 47.4 Å². The van der Waals surface area contributed by atoms with Crippen LogP contribution in [0.1, 0.15) is 11.1 Å². The average molecular weight is 342 g/mol. The van der Waals surface area contributed by atoms with Crippen LogP contribution in [0.3, 0.4) is 0 Å². The van der Waals surface area contributed by atoms with E-state index in [-0.39, 0.29) is 17.2 Å². The van der Waals surface area contributed by atoms with Gasteiger partial charge in [-0.3, -0.25) is 4.79 Å². The number of carbonyl (C=O) groups is 1. The highest BCUT2D eigenvalue weighted by atomic mass is 32.2. The van der Waals surface area contributed by atoms with Gasteiger partial charge in [0.2, 0.25) is 0 Å². The zero-order chi connectivity index (χ0) is 17.1. The monoisotopic (exact) mass is 342 g/mol. The van der Waals surface area contributed by atoms with E-state index in [9.17, 15) is 9.90 Å². The van der Waals surface area contributed by atoms with Gasteiger partial charge in [0.25, 0.3) is 5.91 Å². The molecule has 1 atom stereocenters. The van der Waals surface area contributed by atoms with Crippen molar-refractivity contribution in [1.29, 1.82) is 0 Å². The van der Waals surface area contributed by atoms with Crippen LogP contribution in [-0.2, 0) is 4.79 Å². The van der Waals surface area contributed by atoms with Gasteiger partial charge in [-0.1, -0.05) is 36.0 Å². The van der Waals surface area contributed by atoms with Crippen LogP contribution in [0.2, 0.25) is 0 Å². The lowest BCUT2D eigenvalue weighted by atomic mass is 10.2. The molecule has 3 rings (SSSR count). The van der Waals surface area contributed by atoms with E-state index in [2.05, 4.69) is 10.6 Å². The maximum atomic E-state index is 12.1. The number of hydrogen-bond acceptors (Lipinski definition) is 5. The molecule has 1 unspecified atom stereocenters. The van der Waals surface area contributed by atoms with Crippen molar-refractivity contribution in [2.24, 2.45) is 0 Å². The Morgan fingerprint density at radius 3 is 2.79 bits per heavy atom. The minimum absolute atomic E-state index is 0.0461. The van der Waals surface area contributed by atoms with Gasteiger partial charge in [0.15, 0.2) is 17.0 Å². The van der Waals surface area contributed by atoms with Gasteiger partial charge in [-0.25, -0.2) is 0 Å². The quantitative estimate of drug-likeness (QED) is 0.744. The highest BCUT2D eigenvalue weighted by Crippen LogP contribution is 2.33. The molecule has 5 nitrogen and oxygen atoms in total. The highest BCUT2D eigenvalue weighted by molar-refractivity contribution is 8.05. The summed E-state index contributed by atoms with van der Waals surface area (Å²) in [5.74, 6) is 0.311. The van der Waals surface area contributed by atoms with Crippen molar-refractivity contribution in [1.82, 2.24) is 5.32 Å². The van der Waals surface area contributed by atoms with Crippen LogP contribution in [-0.4, -0.2) is 23.6 Å². The molecule has 1 saturated heterocycles. The summed E-state index contributed by atoms with van der Waals surface area (Å²) < 4.78 is 5.02. The third kappa shape index (κ3) is 3.49. The number of ether oxygens (including phenoxy) is 1. The molecule has 124 valence electrons. The second-order valence-corrected chi connectivity index (χ2v) is 6.52. The molecular weight excluding hydrogens is 324 g/mol. The van der Waals surface area contributed by atoms with Crippen molar-refractivity contribution in [3.63, 3.8) is 0 Å². The lowest BCUT2D eigenvalue weighted by Gasteiger charge is -2.14. The van der Waals surface area contributed by atoms with Crippen molar-refractivity contribution < 1.29 is 14.6 Å². The number of methoxy groups -OCH3 is 1. The number of hydrogen-bond donors (Lipinski definition) is 3. The molecule has 6 heteroatoms. The molecule has 1 aliphatic rings. The Balaban J connectivity index is 1.75.